The Labute approximate surface area is 162 Å². The van der Waals surface area contributed by atoms with Crippen molar-refractivity contribution in [3.8, 4) is 17.0 Å². The average Bonchev–Trinajstić information content (AvgIpc) is 3.12. The van der Waals surface area contributed by atoms with E-state index in [4.69, 9.17) is 4.74 Å². The summed E-state index contributed by atoms with van der Waals surface area (Å²) in [4.78, 5) is 8.87. The Kier molecular flexibility index (Phi) is 4.48. The highest BCUT2D eigenvalue weighted by molar-refractivity contribution is 7.92. The number of nitrogens with one attached hydrogen (secondary N) is 1. The van der Waals surface area contributed by atoms with Gasteiger partial charge in [-0.05, 0) is 43.3 Å². The maximum absolute atomic E-state index is 12.8. The number of rotatable bonds is 5. The summed E-state index contributed by atoms with van der Waals surface area (Å²) in [5.41, 5.74) is 2.75. The lowest BCUT2D eigenvalue weighted by Gasteiger charge is -2.13. The number of ether oxygens (including phenoxy) is 1. The van der Waals surface area contributed by atoms with Gasteiger partial charge in [-0.3, -0.25) is 9.12 Å². The number of methoxy groups -OCH3 is 1. The molecule has 0 atom stereocenters. The number of aryl methyl sites for hydroxylation is 1. The van der Waals surface area contributed by atoms with Gasteiger partial charge in [0, 0.05) is 24.2 Å². The van der Waals surface area contributed by atoms with Crippen LogP contribution in [0, 0.1) is 6.92 Å². The first kappa shape index (κ1) is 18.0. The van der Waals surface area contributed by atoms with E-state index < -0.39 is 10.0 Å². The van der Waals surface area contributed by atoms with Gasteiger partial charge in [-0.15, -0.1) is 0 Å². The molecule has 0 unspecified atom stereocenters. The molecular weight excluding hydrogens is 376 g/mol. The number of aromatic nitrogens is 3. The average molecular weight is 394 g/mol. The first-order valence-corrected chi connectivity index (χ1v) is 10.0. The van der Waals surface area contributed by atoms with E-state index in [9.17, 15) is 8.42 Å². The SMILES string of the molecule is COc1ccc(-c2cn3cccnc3n2)cc1NS(=O)(=O)c1ccc(C)cc1. The number of imidazole rings is 1. The maximum Gasteiger partial charge on any atom is 0.262 e. The van der Waals surface area contributed by atoms with Gasteiger partial charge < -0.3 is 4.74 Å². The van der Waals surface area contributed by atoms with Crippen LogP contribution in [0.25, 0.3) is 17.0 Å². The van der Waals surface area contributed by atoms with Crippen LogP contribution >= 0.6 is 0 Å². The summed E-state index contributed by atoms with van der Waals surface area (Å²) in [6.07, 6.45) is 5.35. The highest BCUT2D eigenvalue weighted by atomic mass is 32.2. The summed E-state index contributed by atoms with van der Waals surface area (Å²) in [5.74, 6) is 0.983. The zero-order valence-corrected chi connectivity index (χ0v) is 16.1. The van der Waals surface area contributed by atoms with Crippen molar-refractivity contribution in [1.82, 2.24) is 14.4 Å². The molecule has 142 valence electrons. The Morgan fingerprint density at radius 3 is 2.61 bits per heavy atom. The van der Waals surface area contributed by atoms with Crippen LogP contribution in [-0.4, -0.2) is 29.9 Å². The van der Waals surface area contributed by atoms with E-state index in [1.165, 1.54) is 7.11 Å². The summed E-state index contributed by atoms with van der Waals surface area (Å²) >= 11 is 0. The fourth-order valence-corrected chi connectivity index (χ4v) is 3.90. The molecule has 2 aromatic heterocycles. The normalized spacial score (nSPS) is 11.5. The second-order valence-electron chi connectivity index (χ2n) is 6.29. The van der Waals surface area contributed by atoms with Crippen LogP contribution in [0.5, 0.6) is 5.75 Å². The van der Waals surface area contributed by atoms with Crippen LogP contribution in [0.3, 0.4) is 0 Å². The highest BCUT2D eigenvalue weighted by Gasteiger charge is 2.17. The zero-order chi connectivity index (χ0) is 19.7. The summed E-state index contributed by atoms with van der Waals surface area (Å²) in [5, 5.41) is 0. The van der Waals surface area contributed by atoms with E-state index in [1.807, 2.05) is 31.5 Å². The van der Waals surface area contributed by atoms with Crippen molar-refractivity contribution in [3.63, 3.8) is 0 Å². The summed E-state index contributed by atoms with van der Waals surface area (Å²) < 4.78 is 35.3. The molecule has 0 saturated heterocycles. The lowest BCUT2D eigenvalue weighted by atomic mass is 10.1. The molecule has 0 radical (unpaired) electrons. The topological polar surface area (TPSA) is 85.6 Å². The van der Waals surface area contributed by atoms with E-state index in [2.05, 4.69) is 14.7 Å². The molecule has 0 spiro atoms. The number of nitrogens with zero attached hydrogens (tertiary/aromatic N) is 3. The first-order valence-electron chi connectivity index (χ1n) is 8.54. The van der Waals surface area contributed by atoms with Crippen LogP contribution in [0.2, 0.25) is 0 Å². The molecule has 2 aromatic carbocycles. The Hall–Kier alpha value is -3.39. The third-order valence-corrected chi connectivity index (χ3v) is 5.69. The first-order chi connectivity index (χ1) is 13.5. The van der Waals surface area contributed by atoms with Crippen LogP contribution in [0.15, 0.2) is 72.0 Å². The van der Waals surface area contributed by atoms with Gasteiger partial charge >= 0.3 is 0 Å². The smallest absolute Gasteiger partial charge is 0.262 e. The molecule has 4 rings (SSSR count). The minimum absolute atomic E-state index is 0.183. The van der Waals surface area contributed by atoms with Gasteiger partial charge in [0.05, 0.1) is 23.4 Å². The standard InChI is InChI=1S/C20H18N4O3S/c1-14-4-7-16(8-5-14)28(25,26)23-17-12-15(6-9-19(17)27-2)18-13-24-11-3-10-21-20(24)22-18/h3-13,23H,1-2H3. The number of benzene rings is 2. The molecule has 1 N–H and O–H groups in total. The van der Waals surface area contributed by atoms with Gasteiger partial charge in [-0.25, -0.2) is 18.4 Å². The Morgan fingerprint density at radius 2 is 1.89 bits per heavy atom. The second-order valence-corrected chi connectivity index (χ2v) is 7.97. The highest BCUT2D eigenvalue weighted by Crippen LogP contribution is 2.32. The monoisotopic (exact) mass is 394 g/mol. The zero-order valence-electron chi connectivity index (χ0n) is 15.3. The van der Waals surface area contributed by atoms with E-state index in [0.717, 1.165) is 11.1 Å². The number of anilines is 1. The van der Waals surface area contributed by atoms with Crippen molar-refractivity contribution in [2.24, 2.45) is 0 Å². The van der Waals surface area contributed by atoms with Crippen molar-refractivity contribution in [3.05, 3.63) is 72.7 Å². The molecule has 7 nitrogen and oxygen atoms in total. The number of hydrogen-bond donors (Lipinski definition) is 1. The molecule has 0 amide bonds. The molecule has 0 aliphatic carbocycles. The maximum atomic E-state index is 12.8. The van der Waals surface area contributed by atoms with E-state index in [1.54, 1.807) is 47.0 Å². The van der Waals surface area contributed by atoms with E-state index in [-0.39, 0.29) is 4.90 Å². The summed E-state index contributed by atoms with van der Waals surface area (Å²) in [7, 11) is -2.26. The number of hydrogen-bond acceptors (Lipinski definition) is 5. The van der Waals surface area contributed by atoms with E-state index in [0.29, 0.717) is 22.9 Å². The fourth-order valence-electron chi connectivity index (χ4n) is 2.84. The predicted molar refractivity (Wildman–Crippen MR) is 107 cm³/mol. The minimum Gasteiger partial charge on any atom is -0.495 e. The van der Waals surface area contributed by atoms with Gasteiger partial charge in [0.2, 0.25) is 5.78 Å². The van der Waals surface area contributed by atoms with Crippen molar-refractivity contribution in [2.75, 3.05) is 11.8 Å². The summed E-state index contributed by atoms with van der Waals surface area (Å²) in [6, 6.07) is 13.7. The predicted octanol–water partition coefficient (Wildman–Crippen LogP) is 3.51. The van der Waals surface area contributed by atoms with Crippen LogP contribution in [0.4, 0.5) is 5.69 Å². The lowest BCUT2D eigenvalue weighted by molar-refractivity contribution is 0.417. The summed E-state index contributed by atoms with van der Waals surface area (Å²) in [6.45, 7) is 1.90. The molecule has 0 fully saturated rings. The van der Waals surface area contributed by atoms with Crippen molar-refractivity contribution in [2.45, 2.75) is 11.8 Å². The molecule has 8 heteroatoms. The Morgan fingerprint density at radius 1 is 1.11 bits per heavy atom. The molecular formula is C20H18N4O3S. The quantitative estimate of drug-likeness (QED) is 0.560. The molecule has 0 aliphatic rings. The largest absolute Gasteiger partial charge is 0.495 e. The van der Waals surface area contributed by atoms with Crippen LogP contribution < -0.4 is 9.46 Å². The number of sulfonamides is 1. The van der Waals surface area contributed by atoms with Crippen LogP contribution in [-0.2, 0) is 10.0 Å². The van der Waals surface area contributed by atoms with E-state index >= 15 is 0 Å². The molecule has 4 aromatic rings. The fraction of sp³-hybridized carbons (Fsp3) is 0.100. The second kappa shape index (κ2) is 6.97. The number of fused-ring (bicyclic) bond motifs is 1. The third kappa shape index (κ3) is 3.41. The minimum atomic E-state index is -3.75. The van der Waals surface area contributed by atoms with Gasteiger partial charge in [0.25, 0.3) is 10.0 Å². The van der Waals surface area contributed by atoms with Crippen molar-refractivity contribution in [1.29, 1.82) is 0 Å². The molecule has 0 bridgehead atoms. The van der Waals surface area contributed by atoms with Crippen LogP contribution in [0.1, 0.15) is 5.56 Å². The third-order valence-electron chi connectivity index (χ3n) is 4.31. The molecule has 2 heterocycles. The van der Waals surface area contributed by atoms with Gasteiger partial charge in [-0.2, -0.15) is 0 Å². The molecule has 0 aliphatic heterocycles. The molecule has 0 saturated carbocycles. The van der Waals surface area contributed by atoms with Gasteiger partial charge in [-0.1, -0.05) is 17.7 Å². The van der Waals surface area contributed by atoms with Crippen molar-refractivity contribution >= 4 is 21.5 Å². The molecule has 28 heavy (non-hydrogen) atoms. The Bertz CT molecular complexity index is 1220. The van der Waals surface area contributed by atoms with Gasteiger partial charge in [0.15, 0.2) is 0 Å². The lowest BCUT2D eigenvalue weighted by Crippen LogP contribution is -2.13. The van der Waals surface area contributed by atoms with Gasteiger partial charge in [0.1, 0.15) is 5.75 Å². The van der Waals surface area contributed by atoms with Crippen molar-refractivity contribution < 1.29 is 13.2 Å². The Balaban J connectivity index is 1.73.